The first-order valence-electron chi connectivity index (χ1n) is 7.19. The highest BCUT2D eigenvalue weighted by molar-refractivity contribution is 5.86. The molecule has 0 radical (unpaired) electrons. The summed E-state index contributed by atoms with van der Waals surface area (Å²) in [5, 5.41) is 0. The Morgan fingerprint density at radius 2 is 1.25 bits per heavy atom. The molecule has 0 spiro atoms. The van der Waals surface area contributed by atoms with Crippen molar-refractivity contribution in [1.82, 2.24) is 0 Å². The summed E-state index contributed by atoms with van der Waals surface area (Å²) in [7, 11) is 0. The second kappa shape index (κ2) is 8.01. The molecule has 0 aromatic heterocycles. The summed E-state index contributed by atoms with van der Waals surface area (Å²) < 4.78 is 161. The summed E-state index contributed by atoms with van der Waals surface area (Å²) in [5.74, 6) is -39.4. The van der Waals surface area contributed by atoms with Gasteiger partial charge in [0.05, 0.1) is 6.61 Å². The van der Waals surface area contributed by atoms with Crippen LogP contribution in [0.3, 0.4) is 0 Å². The van der Waals surface area contributed by atoms with Crippen LogP contribution in [0.15, 0.2) is 12.2 Å². The van der Waals surface area contributed by atoms with Crippen molar-refractivity contribution in [2.24, 2.45) is 5.92 Å². The monoisotopic (exact) mass is 442 g/mol. The van der Waals surface area contributed by atoms with Crippen molar-refractivity contribution in [1.29, 1.82) is 0 Å². The van der Waals surface area contributed by atoms with Crippen molar-refractivity contribution in [3.63, 3.8) is 0 Å². The quantitative estimate of drug-likeness (QED) is 0.251. The van der Waals surface area contributed by atoms with Crippen LogP contribution in [0.5, 0.6) is 0 Å². The molecule has 0 bridgehead atoms. The molecule has 0 heterocycles. The summed E-state index contributed by atoms with van der Waals surface area (Å²) in [6.45, 7) is 3.28. The first-order valence-corrected chi connectivity index (χ1v) is 7.19. The maximum absolute atomic E-state index is 13.7. The fourth-order valence-corrected chi connectivity index (χ4v) is 1.70. The molecule has 1 atom stereocenters. The summed E-state index contributed by atoms with van der Waals surface area (Å²) in [5.41, 5.74) is -0.245. The van der Waals surface area contributed by atoms with Gasteiger partial charge >= 0.3 is 42.0 Å². The maximum Gasteiger partial charge on any atom is 0.384 e. The standard InChI is InChI=1S/C14H14F12O2/c1-6(2)8(27)28-5-4-7(3)10(17,18)12(21,22)14(25,26)13(23,24)11(19,20)9(15)16/h7,9H,1,4-5H2,2-3H3. The third-order valence-electron chi connectivity index (χ3n) is 3.65. The van der Waals surface area contributed by atoms with Gasteiger partial charge in [-0.2, -0.15) is 43.9 Å². The zero-order valence-corrected chi connectivity index (χ0v) is 14.1. The molecule has 0 saturated carbocycles. The molecule has 0 rings (SSSR count). The van der Waals surface area contributed by atoms with Crippen LogP contribution in [-0.2, 0) is 9.53 Å². The summed E-state index contributed by atoms with van der Waals surface area (Å²) in [6, 6.07) is 0. The average molecular weight is 442 g/mol. The van der Waals surface area contributed by atoms with Crippen LogP contribution in [0.1, 0.15) is 20.3 Å². The Bertz CT molecular complexity index is 585. The number of halogens is 12. The average Bonchev–Trinajstić information content (AvgIpc) is 2.53. The highest BCUT2D eigenvalue weighted by Crippen LogP contribution is 2.59. The van der Waals surface area contributed by atoms with Gasteiger partial charge < -0.3 is 4.74 Å². The van der Waals surface area contributed by atoms with E-state index >= 15 is 0 Å². The number of esters is 1. The van der Waals surface area contributed by atoms with Gasteiger partial charge in [0.1, 0.15) is 0 Å². The van der Waals surface area contributed by atoms with Crippen LogP contribution in [0, 0.1) is 5.92 Å². The van der Waals surface area contributed by atoms with Crippen LogP contribution >= 0.6 is 0 Å². The van der Waals surface area contributed by atoms with Crippen molar-refractivity contribution in [2.75, 3.05) is 6.61 Å². The van der Waals surface area contributed by atoms with E-state index in [4.69, 9.17) is 0 Å². The van der Waals surface area contributed by atoms with Gasteiger partial charge in [0.15, 0.2) is 0 Å². The lowest BCUT2D eigenvalue weighted by Gasteiger charge is -2.40. The number of rotatable bonds is 10. The Kier molecular flexibility index (Phi) is 7.54. The maximum atomic E-state index is 13.7. The number of carbonyl (C=O) groups excluding carboxylic acids is 1. The van der Waals surface area contributed by atoms with Crippen LogP contribution in [0.4, 0.5) is 52.7 Å². The molecule has 0 fully saturated rings. The molecular formula is C14H14F12O2. The summed E-state index contributed by atoms with van der Waals surface area (Å²) in [4.78, 5) is 11.0. The van der Waals surface area contributed by atoms with E-state index in [1.54, 1.807) is 0 Å². The third-order valence-corrected chi connectivity index (χ3v) is 3.65. The predicted molar refractivity (Wildman–Crippen MR) is 70.3 cm³/mol. The van der Waals surface area contributed by atoms with Crippen molar-refractivity contribution < 1.29 is 62.2 Å². The number of hydrogen-bond donors (Lipinski definition) is 0. The van der Waals surface area contributed by atoms with E-state index in [1.807, 2.05) is 0 Å². The highest BCUT2D eigenvalue weighted by Gasteiger charge is 2.88. The minimum Gasteiger partial charge on any atom is -0.462 e. The minimum atomic E-state index is -7.56. The lowest BCUT2D eigenvalue weighted by molar-refractivity contribution is -0.417. The minimum absolute atomic E-state index is 0.155. The van der Waals surface area contributed by atoms with E-state index < -0.39 is 61.0 Å². The summed E-state index contributed by atoms with van der Waals surface area (Å²) in [6.07, 6.45) is -6.83. The Morgan fingerprint density at radius 3 is 1.61 bits per heavy atom. The SMILES string of the molecule is C=C(C)C(=O)OCCC(C)C(F)(F)C(F)(F)C(F)(F)C(F)(F)C(F)(F)C(F)F. The number of hydrogen-bond acceptors (Lipinski definition) is 2. The molecule has 0 aromatic rings. The molecule has 0 saturated heterocycles. The van der Waals surface area contributed by atoms with E-state index in [9.17, 15) is 57.5 Å². The second-order valence-corrected chi connectivity index (χ2v) is 5.88. The van der Waals surface area contributed by atoms with Gasteiger partial charge in [-0.3, -0.25) is 0 Å². The zero-order valence-electron chi connectivity index (χ0n) is 14.1. The molecule has 166 valence electrons. The van der Waals surface area contributed by atoms with Crippen molar-refractivity contribution in [3.8, 4) is 0 Å². The van der Waals surface area contributed by atoms with Gasteiger partial charge in [-0.05, 0) is 13.3 Å². The first kappa shape index (κ1) is 26.4. The number of ether oxygens (including phenoxy) is 1. The highest BCUT2D eigenvalue weighted by atomic mass is 19.4. The van der Waals surface area contributed by atoms with E-state index in [-0.39, 0.29) is 12.5 Å². The molecule has 0 aromatic carbocycles. The Labute approximate surface area is 150 Å². The Morgan fingerprint density at radius 1 is 0.857 bits per heavy atom. The van der Waals surface area contributed by atoms with Crippen LogP contribution in [-0.4, -0.2) is 48.6 Å². The second-order valence-electron chi connectivity index (χ2n) is 5.88. The number of carbonyl (C=O) groups is 1. The zero-order chi connectivity index (χ0) is 22.9. The predicted octanol–water partition coefficient (Wildman–Crippen LogP) is 5.57. The molecule has 0 amide bonds. The van der Waals surface area contributed by atoms with Gasteiger partial charge in [0, 0.05) is 11.5 Å². The van der Waals surface area contributed by atoms with E-state index in [0.717, 1.165) is 6.92 Å². The van der Waals surface area contributed by atoms with Crippen LogP contribution in [0.25, 0.3) is 0 Å². The number of alkyl halides is 12. The van der Waals surface area contributed by atoms with Gasteiger partial charge in [0.25, 0.3) is 0 Å². The van der Waals surface area contributed by atoms with Gasteiger partial charge in [0.2, 0.25) is 0 Å². The lowest BCUT2D eigenvalue weighted by Crippen LogP contribution is -2.69. The molecule has 14 heteroatoms. The molecule has 0 N–H and O–H groups in total. The molecular weight excluding hydrogens is 428 g/mol. The van der Waals surface area contributed by atoms with Gasteiger partial charge in [-0.1, -0.05) is 13.5 Å². The summed E-state index contributed by atoms with van der Waals surface area (Å²) >= 11 is 0. The molecule has 0 aliphatic heterocycles. The van der Waals surface area contributed by atoms with Crippen molar-refractivity contribution >= 4 is 5.97 Å². The molecule has 0 aliphatic carbocycles. The van der Waals surface area contributed by atoms with Gasteiger partial charge in [-0.25, -0.2) is 13.6 Å². The van der Waals surface area contributed by atoms with E-state index in [2.05, 4.69) is 11.3 Å². The van der Waals surface area contributed by atoms with Crippen molar-refractivity contribution in [3.05, 3.63) is 12.2 Å². The van der Waals surface area contributed by atoms with Crippen LogP contribution in [0.2, 0.25) is 0 Å². The topological polar surface area (TPSA) is 26.3 Å². The fraction of sp³-hybridized carbons (Fsp3) is 0.786. The molecule has 0 aliphatic rings. The normalized spacial score (nSPS) is 15.5. The molecule has 28 heavy (non-hydrogen) atoms. The Hall–Kier alpha value is -1.63. The fourth-order valence-electron chi connectivity index (χ4n) is 1.70. The van der Waals surface area contributed by atoms with E-state index in [0.29, 0.717) is 0 Å². The third kappa shape index (κ3) is 4.19. The first-order chi connectivity index (χ1) is 12.2. The Balaban J connectivity index is 5.73. The van der Waals surface area contributed by atoms with Crippen LogP contribution < -0.4 is 0 Å². The van der Waals surface area contributed by atoms with E-state index in [1.165, 1.54) is 0 Å². The molecule has 1 unspecified atom stereocenters. The van der Waals surface area contributed by atoms with Crippen molar-refractivity contribution in [2.45, 2.75) is 56.3 Å². The largest absolute Gasteiger partial charge is 0.462 e. The smallest absolute Gasteiger partial charge is 0.384 e. The molecule has 2 nitrogen and oxygen atoms in total. The lowest BCUT2D eigenvalue weighted by atomic mass is 9.87. The van der Waals surface area contributed by atoms with Gasteiger partial charge in [-0.15, -0.1) is 0 Å².